The van der Waals surface area contributed by atoms with Gasteiger partial charge in [0.25, 0.3) is 0 Å². The van der Waals surface area contributed by atoms with E-state index in [1.54, 1.807) is 13.4 Å². The molecule has 0 aliphatic rings. The maximum atomic E-state index is 6.19. The third-order valence-electron chi connectivity index (χ3n) is 6.15. The quantitative estimate of drug-likeness (QED) is 0.256. The number of hydrogen-bond donors (Lipinski definition) is 2. The molecule has 2 aromatic carbocycles. The number of hydrogen-bond acceptors (Lipinski definition) is 7. The van der Waals surface area contributed by atoms with Crippen molar-refractivity contribution in [3.8, 4) is 11.5 Å². The smallest absolute Gasteiger partial charge is 0.162 e. The highest BCUT2D eigenvalue weighted by atomic mass is 16.5. The summed E-state index contributed by atoms with van der Waals surface area (Å²) in [6.45, 7) is 10.5. The van der Waals surface area contributed by atoms with Crippen molar-refractivity contribution < 1.29 is 9.47 Å². The Hall–Kier alpha value is -2.90. The van der Waals surface area contributed by atoms with E-state index in [-0.39, 0.29) is 6.04 Å². The van der Waals surface area contributed by atoms with Crippen molar-refractivity contribution >= 4 is 22.4 Å². The highest BCUT2D eigenvalue weighted by Crippen LogP contribution is 2.35. The third-order valence-corrected chi connectivity index (χ3v) is 6.15. The van der Waals surface area contributed by atoms with E-state index < -0.39 is 0 Å². The van der Waals surface area contributed by atoms with Crippen LogP contribution in [0.25, 0.3) is 10.9 Å². The number of nitrogens with two attached hydrogens (primary N) is 1. The summed E-state index contributed by atoms with van der Waals surface area (Å²) in [7, 11) is 1.66. The Bertz CT molecular complexity index is 1030. The fourth-order valence-electron chi connectivity index (χ4n) is 4.01. The number of nitrogens with zero attached hydrogens (tertiary/aromatic N) is 3. The number of methoxy groups -OCH3 is 1. The predicted octanol–water partition coefficient (Wildman–Crippen LogP) is 6.07. The van der Waals surface area contributed by atoms with Gasteiger partial charge in [-0.05, 0) is 63.0 Å². The Morgan fingerprint density at radius 2 is 1.63 bits per heavy atom. The molecule has 190 valence electrons. The lowest BCUT2D eigenvalue weighted by molar-refractivity contribution is 0.225. The van der Waals surface area contributed by atoms with E-state index in [2.05, 4.69) is 34.0 Å². The molecule has 0 saturated heterocycles. The summed E-state index contributed by atoms with van der Waals surface area (Å²) >= 11 is 0. The van der Waals surface area contributed by atoms with E-state index in [1.807, 2.05) is 43.3 Å². The van der Waals surface area contributed by atoms with Gasteiger partial charge in [0.1, 0.15) is 12.1 Å². The molecule has 0 unspecified atom stereocenters. The first kappa shape index (κ1) is 26.7. The monoisotopic (exact) mass is 479 g/mol. The molecule has 3 rings (SSSR count). The number of aromatic nitrogens is 2. The maximum absolute atomic E-state index is 6.19. The van der Waals surface area contributed by atoms with E-state index >= 15 is 0 Å². The molecule has 7 heteroatoms. The van der Waals surface area contributed by atoms with E-state index in [4.69, 9.17) is 15.2 Å². The summed E-state index contributed by atoms with van der Waals surface area (Å²) in [6.07, 6.45) is 7.46. The Labute approximate surface area is 210 Å². The lowest BCUT2D eigenvalue weighted by atomic mass is 10.1. The summed E-state index contributed by atoms with van der Waals surface area (Å²) in [6, 6.07) is 12.0. The molecule has 1 heterocycles. The molecule has 35 heavy (non-hydrogen) atoms. The maximum Gasteiger partial charge on any atom is 0.162 e. The minimum absolute atomic E-state index is 0.00136. The number of fused-ring (bicyclic) bond motifs is 1. The zero-order valence-corrected chi connectivity index (χ0v) is 21.7. The van der Waals surface area contributed by atoms with Gasteiger partial charge in [-0.3, -0.25) is 0 Å². The van der Waals surface area contributed by atoms with Gasteiger partial charge in [0.05, 0.1) is 19.2 Å². The van der Waals surface area contributed by atoms with Crippen molar-refractivity contribution in [2.45, 2.75) is 58.9 Å². The Balaban J connectivity index is 1.71. The molecule has 1 aromatic heterocycles. The van der Waals surface area contributed by atoms with Crippen LogP contribution in [0.15, 0.2) is 42.7 Å². The van der Waals surface area contributed by atoms with E-state index in [0.29, 0.717) is 18.1 Å². The van der Waals surface area contributed by atoms with Gasteiger partial charge in [0.2, 0.25) is 0 Å². The molecule has 3 aromatic rings. The van der Waals surface area contributed by atoms with Crippen LogP contribution < -0.4 is 20.5 Å². The van der Waals surface area contributed by atoms with Crippen LogP contribution in [-0.4, -0.2) is 48.2 Å². The summed E-state index contributed by atoms with van der Waals surface area (Å²) in [5.74, 6) is 2.11. The van der Waals surface area contributed by atoms with Crippen LogP contribution in [-0.2, 0) is 0 Å². The fourth-order valence-corrected chi connectivity index (χ4v) is 4.01. The molecular formula is C28H41N5O2. The Morgan fingerprint density at radius 3 is 2.26 bits per heavy atom. The number of benzene rings is 2. The summed E-state index contributed by atoms with van der Waals surface area (Å²) in [5.41, 5.74) is 8.80. The third kappa shape index (κ3) is 7.80. The molecule has 1 atom stereocenters. The van der Waals surface area contributed by atoms with Crippen LogP contribution in [0.4, 0.5) is 11.5 Å². The minimum atomic E-state index is 0.00136. The van der Waals surface area contributed by atoms with Gasteiger partial charge in [0, 0.05) is 29.7 Å². The predicted molar refractivity (Wildman–Crippen MR) is 145 cm³/mol. The molecule has 7 nitrogen and oxygen atoms in total. The Morgan fingerprint density at radius 1 is 0.943 bits per heavy atom. The largest absolute Gasteiger partial charge is 0.493 e. The molecule has 0 aliphatic heterocycles. The van der Waals surface area contributed by atoms with Gasteiger partial charge in [-0.15, -0.1) is 0 Å². The van der Waals surface area contributed by atoms with Crippen molar-refractivity contribution in [1.82, 2.24) is 14.9 Å². The number of rotatable bonds is 15. The number of nitrogens with one attached hydrogen (secondary N) is 1. The standard InChI is InChI=1S/C28H41N5O2/c1-5-7-14-33(15-8-6-2)16-9-17-35-27-18-24-25(19-26(27)34-4)30-20-31-28(24)32-23-12-10-22(11-13-23)21(3)29/h10-13,18-21H,5-9,14-17,29H2,1-4H3,(H,30,31,32)/t21-/m1/s1. The first-order chi connectivity index (χ1) is 17.0. The molecule has 0 radical (unpaired) electrons. The van der Waals surface area contributed by atoms with Gasteiger partial charge in [-0.25, -0.2) is 9.97 Å². The van der Waals surface area contributed by atoms with Crippen molar-refractivity contribution in [2.24, 2.45) is 5.73 Å². The van der Waals surface area contributed by atoms with Crippen LogP contribution in [0, 0.1) is 0 Å². The first-order valence-corrected chi connectivity index (χ1v) is 12.9. The van der Waals surface area contributed by atoms with Crippen molar-refractivity contribution in [2.75, 3.05) is 38.7 Å². The lowest BCUT2D eigenvalue weighted by Crippen LogP contribution is -2.28. The topological polar surface area (TPSA) is 85.5 Å². The zero-order chi connectivity index (χ0) is 25.0. The van der Waals surface area contributed by atoms with Crippen LogP contribution in [0.5, 0.6) is 11.5 Å². The van der Waals surface area contributed by atoms with Crippen molar-refractivity contribution in [3.63, 3.8) is 0 Å². The van der Waals surface area contributed by atoms with Crippen LogP contribution >= 0.6 is 0 Å². The van der Waals surface area contributed by atoms with E-state index in [1.165, 1.54) is 25.7 Å². The molecular weight excluding hydrogens is 438 g/mol. The van der Waals surface area contributed by atoms with Crippen LogP contribution in [0.3, 0.4) is 0 Å². The van der Waals surface area contributed by atoms with Crippen LogP contribution in [0.2, 0.25) is 0 Å². The second-order valence-corrected chi connectivity index (χ2v) is 9.03. The highest BCUT2D eigenvalue weighted by molar-refractivity contribution is 5.93. The fraction of sp³-hybridized carbons (Fsp3) is 0.500. The number of unbranched alkanes of at least 4 members (excludes halogenated alkanes) is 2. The van der Waals surface area contributed by atoms with E-state index in [9.17, 15) is 0 Å². The van der Waals surface area contributed by atoms with Gasteiger partial charge in [-0.1, -0.05) is 38.8 Å². The molecule has 3 N–H and O–H groups in total. The average molecular weight is 480 g/mol. The second-order valence-electron chi connectivity index (χ2n) is 9.03. The SMILES string of the molecule is CCCCN(CCCC)CCCOc1cc2c(Nc3ccc([C@@H](C)N)cc3)ncnc2cc1OC. The number of anilines is 2. The number of ether oxygens (including phenoxy) is 2. The van der Waals surface area contributed by atoms with Gasteiger partial charge in [-0.2, -0.15) is 0 Å². The molecule has 0 spiro atoms. The first-order valence-electron chi connectivity index (χ1n) is 12.9. The average Bonchev–Trinajstić information content (AvgIpc) is 2.87. The Kier molecular flexibility index (Phi) is 10.6. The summed E-state index contributed by atoms with van der Waals surface area (Å²) in [5, 5.41) is 4.29. The van der Waals surface area contributed by atoms with Gasteiger partial charge < -0.3 is 25.4 Å². The summed E-state index contributed by atoms with van der Waals surface area (Å²) < 4.78 is 11.8. The van der Waals surface area contributed by atoms with Crippen molar-refractivity contribution in [3.05, 3.63) is 48.3 Å². The second kappa shape index (κ2) is 13.9. The van der Waals surface area contributed by atoms with Crippen LogP contribution in [0.1, 0.15) is 64.5 Å². The molecule has 0 fully saturated rings. The zero-order valence-electron chi connectivity index (χ0n) is 21.7. The van der Waals surface area contributed by atoms with E-state index in [0.717, 1.165) is 54.0 Å². The molecule has 0 saturated carbocycles. The van der Waals surface area contributed by atoms with Gasteiger partial charge >= 0.3 is 0 Å². The highest BCUT2D eigenvalue weighted by Gasteiger charge is 2.13. The lowest BCUT2D eigenvalue weighted by Gasteiger charge is -2.22. The van der Waals surface area contributed by atoms with Gasteiger partial charge in [0.15, 0.2) is 11.5 Å². The molecule has 0 aliphatic carbocycles. The molecule has 0 amide bonds. The normalized spacial score (nSPS) is 12.2. The minimum Gasteiger partial charge on any atom is -0.493 e. The summed E-state index contributed by atoms with van der Waals surface area (Å²) in [4.78, 5) is 11.5. The molecule has 0 bridgehead atoms. The van der Waals surface area contributed by atoms with Crippen molar-refractivity contribution in [1.29, 1.82) is 0 Å².